The zero-order chi connectivity index (χ0) is 24.0. The number of ether oxygens (including phenoxy) is 4. The Bertz CT molecular complexity index is 1180. The monoisotopic (exact) mass is 477 g/mol. The lowest BCUT2D eigenvalue weighted by Gasteiger charge is -2.36. The topological polar surface area (TPSA) is 72.5 Å². The van der Waals surface area contributed by atoms with Crippen LogP contribution in [0, 0.1) is 0 Å². The first kappa shape index (κ1) is 23.1. The highest BCUT2D eigenvalue weighted by Gasteiger charge is 2.19. The number of amides is 1. The Hall–Kier alpha value is -3.65. The van der Waals surface area contributed by atoms with Gasteiger partial charge in [0.05, 0.1) is 13.7 Å². The number of carbonyl (C=O) groups is 1. The van der Waals surface area contributed by atoms with Gasteiger partial charge in [0, 0.05) is 55.6 Å². The van der Waals surface area contributed by atoms with Crippen LogP contribution < -0.4 is 24.4 Å². The van der Waals surface area contributed by atoms with Crippen LogP contribution in [0.25, 0.3) is 10.8 Å². The molecule has 35 heavy (non-hydrogen) atoms. The molecule has 8 heteroatoms. The minimum absolute atomic E-state index is 0.375. The second-order valence-corrected chi connectivity index (χ2v) is 8.67. The maximum Gasteiger partial charge on any atom is 0.411 e. The molecule has 2 aliphatic rings. The lowest BCUT2D eigenvalue weighted by Crippen LogP contribution is -2.46. The van der Waals surface area contributed by atoms with Crippen LogP contribution in [0.3, 0.4) is 0 Å². The van der Waals surface area contributed by atoms with Crippen molar-refractivity contribution in [2.75, 3.05) is 69.9 Å². The van der Waals surface area contributed by atoms with Crippen LogP contribution in [0.15, 0.2) is 54.6 Å². The first-order valence-electron chi connectivity index (χ1n) is 12.1. The minimum Gasteiger partial charge on any atom is -0.497 e. The van der Waals surface area contributed by atoms with Crippen LogP contribution in [0.5, 0.6) is 17.2 Å². The number of nitrogens with zero attached hydrogens (tertiary/aromatic N) is 2. The molecule has 0 aliphatic carbocycles. The Morgan fingerprint density at radius 3 is 2.63 bits per heavy atom. The molecule has 0 saturated carbocycles. The summed E-state index contributed by atoms with van der Waals surface area (Å²) in [6, 6.07) is 18.0. The average Bonchev–Trinajstić information content (AvgIpc) is 2.91. The molecule has 1 N–H and O–H groups in total. The highest BCUT2D eigenvalue weighted by atomic mass is 16.6. The van der Waals surface area contributed by atoms with Gasteiger partial charge in [-0.2, -0.15) is 0 Å². The lowest BCUT2D eigenvalue weighted by molar-refractivity contribution is 0.151. The fourth-order valence-corrected chi connectivity index (χ4v) is 4.58. The molecule has 2 aliphatic heterocycles. The zero-order valence-corrected chi connectivity index (χ0v) is 20.0. The molecule has 5 rings (SSSR count). The smallest absolute Gasteiger partial charge is 0.411 e. The SMILES string of the molecule is COc1ccc2cccc(N3CCN(CCCOC(=O)Nc4ccc5c(c4)OCCO5)CC3)c2c1. The first-order chi connectivity index (χ1) is 17.2. The van der Waals surface area contributed by atoms with E-state index in [2.05, 4.69) is 45.4 Å². The average molecular weight is 478 g/mol. The number of anilines is 2. The maximum absolute atomic E-state index is 12.1. The van der Waals surface area contributed by atoms with Crippen molar-refractivity contribution in [2.24, 2.45) is 0 Å². The van der Waals surface area contributed by atoms with Crippen LogP contribution >= 0.6 is 0 Å². The normalized spacial score (nSPS) is 15.6. The van der Waals surface area contributed by atoms with E-state index in [0.717, 1.165) is 44.9 Å². The Kier molecular flexibility index (Phi) is 7.09. The minimum atomic E-state index is -0.460. The maximum atomic E-state index is 12.1. The van der Waals surface area contributed by atoms with Gasteiger partial charge in [-0.15, -0.1) is 0 Å². The molecule has 1 fully saturated rings. The van der Waals surface area contributed by atoms with Crippen molar-refractivity contribution in [1.29, 1.82) is 0 Å². The van der Waals surface area contributed by atoms with Gasteiger partial charge < -0.3 is 23.8 Å². The number of piperazine rings is 1. The molecule has 0 radical (unpaired) electrons. The van der Waals surface area contributed by atoms with Crippen molar-refractivity contribution in [3.8, 4) is 17.2 Å². The van der Waals surface area contributed by atoms with E-state index in [4.69, 9.17) is 18.9 Å². The molecule has 1 saturated heterocycles. The van der Waals surface area contributed by atoms with Crippen molar-refractivity contribution in [3.05, 3.63) is 54.6 Å². The van der Waals surface area contributed by atoms with Gasteiger partial charge in [-0.05, 0) is 42.1 Å². The van der Waals surface area contributed by atoms with Crippen LogP contribution in [0.1, 0.15) is 6.42 Å². The van der Waals surface area contributed by atoms with E-state index in [1.165, 1.54) is 16.5 Å². The second kappa shape index (κ2) is 10.7. The summed E-state index contributed by atoms with van der Waals surface area (Å²) in [6.07, 6.45) is 0.331. The summed E-state index contributed by atoms with van der Waals surface area (Å²) >= 11 is 0. The van der Waals surface area contributed by atoms with Gasteiger partial charge in [-0.3, -0.25) is 10.2 Å². The quantitative estimate of drug-likeness (QED) is 0.506. The number of methoxy groups -OCH3 is 1. The standard InChI is InChI=1S/C27H31N3O5/c1-32-22-8-6-20-4-2-5-24(23(20)19-22)30-13-11-29(12-14-30)10-3-15-35-27(31)28-21-7-9-25-26(18-21)34-17-16-33-25/h2,4-9,18-19H,3,10-17H2,1H3,(H,28,31). The third-order valence-electron chi connectivity index (χ3n) is 6.42. The molecule has 8 nitrogen and oxygen atoms in total. The Balaban J connectivity index is 1.05. The van der Waals surface area contributed by atoms with Crippen LogP contribution in [-0.4, -0.2) is 70.6 Å². The second-order valence-electron chi connectivity index (χ2n) is 8.67. The fraction of sp³-hybridized carbons (Fsp3) is 0.370. The number of hydrogen-bond donors (Lipinski definition) is 1. The van der Waals surface area contributed by atoms with Gasteiger partial charge in [0.15, 0.2) is 11.5 Å². The van der Waals surface area contributed by atoms with Gasteiger partial charge in [0.1, 0.15) is 19.0 Å². The van der Waals surface area contributed by atoms with Gasteiger partial charge in [0.2, 0.25) is 0 Å². The van der Waals surface area contributed by atoms with Crippen LogP contribution in [0.4, 0.5) is 16.2 Å². The van der Waals surface area contributed by atoms with E-state index in [1.54, 1.807) is 25.3 Å². The van der Waals surface area contributed by atoms with Gasteiger partial charge in [-0.1, -0.05) is 18.2 Å². The first-order valence-corrected chi connectivity index (χ1v) is 12.1. The largest absolute Gasteiger partial charge is 0.497 e. The highest BCUT2D eigenvalue weighted by Crippen LogP contribution is 2.33. The molecule has 184 valence electrons. The summed E-state index contributed by atoms with van der Waals surface area (Å²) in [5, 5.41) is 5.19. The lowest BCUT2D eigenvalue weighted by atomic mass is 10.1. The molecule has 3 aromatic carbocycles. The summed E-state index contributed by atoms with van der Waals surface area (Å²) in [5.41, 5.74) is 1.88. The number of carbonyl (C=O) groups excluding carboxylic acids is 1. The number of rotatable bonds is 7. The Morgan fingerprint density at radius 2 is 1.80 bits per heavy atom. The van der Waals surface area contributed by atoms with Crippen molar-refractivity contribution < 1.29 is 23.7 Å². The van der Waals surface area contributed by atoms with Crippen molar-refractivity contribution in [1.82, 2.24) is 4.90 Å². The van der Waals surface area contributed by atoms with Crippen molar-refractivity contribution >= 4 is 28.2 Å². The summed E-state index contributed by atoms with van der Waals surface area (Å²) in [7, 11) is 1.70. The fourth-order valence-electron chi connectivity index (χ4n) is 4.58. The number of hydrogen-bond acceptors (Lipinski definition) is 7. The summed E-state index contributed by atoms with van der Waals surface area (Å²) in [4.78, 5) is 17.0. The van der Waals surface area contributed by atoms with Gasteiger partial charge in [0.25, 0.3) is 0 Å². The number of nitrogens with one attached hydrogen (secondary N) is 1. The van der Waals surface area contributed by atoms with E-state index in [-0.39, 0.29) is 0 Å². The summed E-state index contributed by atoms with van der Waals surface area (Å²) in [5.74, 6) is 2.20. The van der Waals surface area contributed by atoms with E-state index < -0.39 is 6.09 Å². The van der Waals surface area contributed by atoms with Gasteiger partial charge >= 0.3 is 6.09 Å². The van der Waals surface area contributed by atoms with Crippen molar-refractivity contribution in [2.45, 2.75) is 6.42 Å². The molecular weight excluding hydrogens is 446 g/mol. The summed E-state index contributed by atoms with van der Waals surface area (Å²) in [6.45, 7) is 6.19. The molecule has 0 atom stereocenters. The van der Waals surface area contributed by atoms with Crippen LogP contribution in [0.2, 0.25) is 0 Å². The highest BCUT2D eigenvalue weighted by molar-refractivity contribution is 5.95. The number of benzene rings is 3. The third-order valence-corrected chi connectivity index (χ3v) is 6.42. The molecule has 1 amide bonds. The molecule has 2 heterocycles. The van der Waals surface area contributed by atoms with E-state index >= 15 is 0 Å². The molecule has 3 aromatic rings. The predicted molar refractivity (Wildman–Crippen MR) is 136 cm³/mol. The Labute approximate surface area is 205 Å². The zero-order valence-electron chi connectivity index (χ0n) is 20.0. The van der Waals surface area contributed by atoms with E-state index in [9.17, 15) is 4.79 Å². The van der Waals surface area contributed by atoms with Gasteiger partial charge in [-0.25, -0.2) is 4.79 Å². The molecule has 0 aromatic heterocycles. The molecule has 0 spiro atoms. The summed E-state index contributed by atoms with van der Waals surface area (Å²) < 4.78 is 21.8. The van der Waals surface area contributed by atoms with Crippen LogP contribution in [-0.2, 0) is 4.74 Å². The predicted octanol–water partition coefficient (Wildman–Crippen LogP) is 4.38. The Morgan fingerprint density at radius 1 is 0.971 bits per heavy atom. The third kappa shape index (κ3) is 5.54. The van der Waals surface area contributed by atoms with E-state index in [0.29, 0.717) is 37.0 Å². The molecule has 0 unspecified atom stereocenters. The van der Waals surface area contributed by atoms with Crippen molar-refractivity contribution in [3.63, 3.8) is 0 Å². The molecular formula is C27H31N3O5. The number of fused-ring (bicyclic) bond motifs is 2. The molecule has 0 bridgehead atoms. The van der Waals surface area contributed by atoms with E-state index in [1.807, 2.05) is 6.07 Å².